The highest BCUT2D eigenvalue weighted by Crippen LogP contribution is 2.20. The molecule has 8 heteroatoms. The van der Waals surface area contributed by atoms with Gasteiger partial charge in [-0.25, -0.2) is 18.2 Å². The van der Waals surface area contributed by atoms with Crippen molar-refractivity contribution in [2.75, 3.05) is 4.72 Å². The third-order valence-corrected chi connectivity index (χ3v) is 4.77. The third-order valence-electron chi connectivity index (χ3n) is 2.43. The van der Waals surface area contributed by atoms with Gasteiger partial charge in [-0.3, -0.25) is 4.72 Å². The maximum atomic E-state index is 12.2. The molecule has 2 rings (SSSR count). The summed E-state index contributed by atoms with van der Waals surface area (Å²) >= 11 is 1.20. The van der Waals surface area contributed by atoms with E-state index in [2.05, 4.69) is 9.71 Å². The molecule has 0 amide bonds. The SMILES string of the molecule is Cc1csc(NS(=O)(=O)c2cccc(C=CC(=O)O)c2)n1. The molecule has 0 spiro atoms. The number of benzene rings is 1. The third kappa shape index (κ3) is 4.14. The lowest BCUT2D eigenvalue weighted by molar-refractivity contribution is -0.131. The molecule has 2 N–H and O–H groups in total. The van der Waals surface area contributed by atoms with Crippen LogP contribution in [0.1, 0.15) is 11.3 Å². The summed E-state index contributed by atoms with van der Waals surface area (Å²) < 4.78 is 26.8. The fraction of sp³-hybridized carbons (Fsp3) is 0.0769. The minimum atomic E-state index is -3.74. The zero-order valence-electron chi connectivity index (χ0n) is 11.0. The Morgan fingerprint density at radius 2 is 2.19 bits per heavy atom. The van der Waals surface area contributed by atoms with Crippen molar-refractivity contribution in [3.8, 4) is 0 Å². The zero-order valence-corrected chi connectivity index (χ0v) is 12.6. The smallest absolute Gasteiger partial charge is 0.328 e. The second-order valence-corrected chi connectivity index (χ2v) is 6.68. The van der Waals surface area contributed by atoms with E-state index in [0.717, 1.165) is 11.8 Å². The number of hydrogen-bond acceptors (Lipinski definition) is 5. The van der Waals surface area contributed by atoms with Crippen molar-refractivity contribution in [2.45, 2.75) is 11.8 Å². The van der Waals surface area contributed by atoms with Gasteiger partial charge in [-0.15, -0.1) is 11.3 Å². The Kier molecular flexibility index (Phi) is 4.39. The van der Waals surface area contributed by atoms with Crippen LogP contribution >= 0.6 is 11.3 Å². The van der Waals surface area contributed by atoms with Crippen molar-refractivity contribution in [1.29, 1.82) is 0 Å². The Morgan fingerprint density at radius 3 is 2.81 bits per heavy atom. The Hall–Kier alpha value is -2.19. The number of anilines is 1. The van der Waals surface area contributed by atoms with Crippen LogP contribution in [-0.2, 0) is 14.8 Å². The summed E-state index contributed by atoms with van der Waals surface area (Å²) in [5.74, 6) is -1.10. The molecule has 0 saturated heterocycles. The quantitative estimate of drug-likeness (QED) is 0.823. The maximum absolute atomic E-state index is 12.2. The van der Waals surface area contributed by atoms with E-state index >= 15 is 0 Å². The van der Waals surface area contributed by atoms with Crippen molar-refractivity contribution in [3.05, 3.63) is 47.0 Å². The van der Waals surface area contributed by atoms with Crippen LogP contribution in [0.25, 0.3) is 6.08 Å². The molecule has 0 aliphatic rings. The van der Waals surface area contributed by atoms with Gasteiger partial charge in [0.05, 0.1) is 10.6 Å². The number of sulfonamides is 1. The highest BCUT2D eigenvalue weighted by Gasteiger charge is 2.15. The number of rotatable bonds is 5. The van der Waals surface area contributed by atoms with Crippen LogP contribution in [0.4, 0.5) is 5.13 Å². The number of carbonyl (C=O) groups is 1. The van der Waals surface area contributed by atoms with Gasteiger partial charge in [-0.05, 0) is 30.7 Å². The van der Waals surface area contributed by atoms with Crippen molar-refractivity contribution in [2.24, 2.45) is 0 Å². The molecule has 0 aliphatic carbocycles. The predicted molar refractivity (Wildman–Crippen MR) is 80.8 cm³/mol. The molecular formula is C13H12N2O4S2. The molecule has 0 unspecified atom stereocenters. The molecule has 0 saturated carbocycles. The lowest BCUT2D eigenvalue weighted by Gasteiger charge is -2.05. The average molecular weight is 324 g/mol. The molecule has 1 aromatic carbocycles. The van der Waals surface area contributed by atoms with E-state index in [1.54, 1.807) is 24.4 Å². The lowest BCUT2D eigenvalue weighted by atomic mass is 10.2. The molecule has 0 aliphatic heterocycles. The molecule has 1 aromatic heterocycles. The molecule has 6 nitrogen and oxygen atoms in total. The topological polar surface area (TPSA) is 96.4 Å². The fourth-order valence-corrected chi connectivity index (χ4v) is 3.52. The largest absolute Gasteiger partial charge is 0.478 e. The van der Waals surface area contributed by atoms with Gasteiger partial charge in [0, 0.05) is 11.5 Å². The van der Waals surface area contributed by atoms with Crippen molar-refractivity contribution in [1.82, 2.24) is 4.98 Å². The molecule has 1 heterocycles. The van der Waals surface area contributed by atoms with Crippen molar-refractivity contribution >= 4 is 38.5 Å². The summed E-state index contributed by atoms with van der Waals surface area (Å²) in [6.07, 6.45) is 2.28. The van der Waals surface area contributed by atoms with Crippen LogP contribution in [0.2, 0.25) is 0 Å². The number of aryl methyl sites for hydroxylation is 1. The number of carboxylic acid groups (broad SMARTS) is 1. The van der Waals surface area contributed by atoms with Crippen molar-refractivity contribution < 1.29 is 18.3 Å². The summed E-state index contributed by atoms with van der Waals surface area (Å²) in [5.41, 5.74) is 1.21. The zero-order chi connectivity index (χ0) is 15.5. The summed E-state index contributed by atoms with van der Waals surface area (Å²) in [5, 5.41) is 10.6. The highest BCUT2D eigenvalue weighted by atomic mass is 32.2. The van der Waals surface area contributed by atoms with Crippen LogP contribution in [0.3, 0.4) is 0 Å². The maximum Gasteiger partial charge on any atom is 0.328 e. The second-order valence-electron chi connectivity index (χ2n) is 4.14. The van der Waals surface area contributed by atoms with Crippen molar-refractivity contribution in [3.63, 3.8) is 0 Å². The van der Waals surface area contributed by atoms with Gasteiger partial charge in [0.15, 0.2) is 5.13 Å². The molecule has 110 valence electrons. The monoisotopic (exact) mass is 324 g/mol. The first-order valence-electron chi connectivity index (χ1n) is 5.83. The van der Waals surface area contributed by atoms with Gasteiger partial charge in [0.25, 0.3) is 10.0 Å². The van der Waals surface area contributed by atoms with E-state index in [9.17, 15) is 13.2 Å². The predicted octanol–water partition coefficient (Wildman–Crippen LogP) is 2.35. The van der Waals surface area contributed by atoms with E-state index in [-0.39, 0.29) is 4.90 Å². The first kappa shape index (κ1) is 15.2. The van der Waals surface area contributed by atoms with Crippen LogP contribution in [0, 0.1) is 6.92 Å². The van der Waals surface area contributed by atoms with Gasteiger partial charge in [0.2, 0.25) is 0 Å². The van der Waals surface area contributed by atoms with Crippen LogP contribution in [0.5, 0.6) is 0 Å². The van der Waals surface area contributed by atoms with Gasteiger partial charge in [0.1, 0.15) is 0 Å². The summed E-state index contributed by atoms with van der Waals surface area (Å²) in [6.45, 7) is 1.77. The number of hydrogen-bond donors (Lipinski definition) is 2. The molecule has 21 heavy (non-hydrogen) atoms. The Morgan fingerprint density at radius 1 is 1.43 bits per heavy atom. The first-order chi connectivity index (χ1) is 9.87. The van der Waals surface area contributed by atoms with E-state index in [4.69, 9.17) is 5.11 Å². The second kappa shape index (κ2) is 6.06. The molecule has 0 radical (unpaired) electrons. The summed E-state index contributed by atoms with van der Waals surface area (Å²) in [4.78, 5) is 14.6. The first-order valence-corrected chi connectivity index (χ1v) is 8.19. The van der Waals surface area contributed by atoms with Crippen LogP contribution in [-0.4, -0.2) is 24.5 Å². The van der Waals surface area contributed by atoms with Gasteiger partial charge >= 0.3 is 5.97 Å². The molecular weight excluding hydrogens is 312 g/mol. The molecule has 0 bridgehead atoms. The van der Waals surface area contributed by atoms with Crippen LogP contribution < -0.4 is 4.72 Å². The standard InChI is InChI=1S/C13H12N2O4S2/c1-9-8-20-13(14-9)15-21(18,19)11-4-2-3-10(7-11)5-6-12(16)17/h2-8H,1H3,(H,14,15)(H,16,17). The van der Waals surface area contributed by atoms with E-state index < -0.39 is 16.0 Å². The minimum Gasteiger partial charge on any atom is -0.478 e. The molecule has 0 fully saturated rings. The number of carboxylic acids is 1. The van der Waals surface area contributed by atoms with Crippen LogP contribution in [0.15, 0.2) is 40.6 Å². The fourth-order valence-electron chi connectivity index (χ4n) is 1.53. The number of thiazole rings is 1. The van der Waals surface area contributed by atoms with E-state index in [1.807, 2.05) is 0 Å². The summed E-state index contributed by atoms with van der Waals surface area (Å²) in [6, 6.07) is 5.98. The minimum absolute atomic E-state index is 0.0443. The van der Waals surface area contributed by atoms with Gasteiger partial charge in [-0.2, -0.15) is 0 Å². The van der Waals surface area contributed by atoms with E-state index in [1.165, 1.54) is 29.5 Å². The van der Waals surface area contributed by atoms with E-state index in [0.29, 0.717) is 10.7 Å². The number of nitrogens with zero attached hydrogens (tertiary/aromatic N) is 1. The Bertz CT molecular complexity index is 794. The Balaban J connectivity index is 2.27. The normalized spacial score (nSPS) is 11.7. The number of aliphatic carboxylic acids is 1. The average Bonchev–Trinajstić information content (AvgIpc) is 2.81. The number of aromatic nitrogens is 1. The Labute approximate surface area is 125 Å². The highest BCUT2D eigenvalue weighted by molar-refractivity contribution is 7.93. The number of nitrogens with one attached hydrogen (secondary N) is 1. The lowest BCUT2D eigenvalue weighted by Crippen LogP contribution is -2.12. The molecule has 0 atom stereocenters. The summed E-state index contributed by atoms with van der Waals surface area (Å²) in [7, 11) is -3.74. The van der Waals surface area contributed by atoms with Gasteiger partial charge < -0.3 is 5.11 Å². The van der Waals surface area contributed by atoms with Gasteiger partial charge in [-0.1, -0.05) is 12.1 Å². The molecule has 2 aromatic rings.